The van der Waals surface area contributed by atoms with Crippen LogP contribution in [-0.4, -0.2) is 0 Å². The Morgan fingerprint density at radius 1 is 0.576 bits per heavy atom. The molecule has 0 N–H and O–H groups in total. The maximum atomic E-state index is 10.3. The number of unbranched alkanes of at least 4 members (excludes halogenated alkanes) is 7. The highest BCUT2D eigenvalue weighted by Crippen LogP contribution is 2.52. The van der Waals surface area contributed by atoms with Gasteiger partial charge >= 0.3 is 0 Å². The molecular weight excluding hydrogens is 398 g/mol. The molecule has 0 spiro atoms. The molecule has 3 fully saturated rings. The lowest BCUT2D eigenvalue weighted by Gasteiger charge is -2.46. The van der Waals surface area contributed by atoms with Gasteiger partial charge in [0, 0.05) is 0 Å². The average Bonchev–Trinajstić information content (AvgIpc) is 2.87. The van der Waals surface area contributed by atoms with Gasteiger partial charge in [0.1, 0.15) is 0 Å². The van der Waals surface area contributed by atoms with Gasteiger partial charge in [-0.2, -0.15) is 5.26 Å². The smallest absolute Gasteiger partial charge is 0.0692 e. The second kappa shape index (κ2) is 14.8. The molecule has 0 unspecified atom stereocenters. The first-order valence-electron chi connectivity index (χ1n) is 15.6. The Morgan fingerprint density at radius 3 is 1.55 bits per heavy atom. The standard InChI is InChI=1S/C32H57N/c1-3-5-7-9-11-13-28-16-20-31(21-17-28)32(26-33)24-22-30(23-25-32)29-18-14-27(15-19-29)12-10-8-6-4-2/h27-31H,3-25H2,1-2H3. The molecule has 0 atom stereocenters. The fourth-order valence-corrected chi connectivity index (χ4v) is 8.09. The lowest BCUT2D eigenvalue weighted by atomic mass is 9.57. The topological polar surface area (TPSA) is 23.8 Å². The summed E-state index contributed by atoms with van der Waals surface area (Å²) in [6, 6.07) is 2.93. The highest BCUT2D eigenvalue weighted by Gasteiger charge is 2.44. The largest absolute Gasteiger partial charge is 0.198 e. The van der Waals surface area contributed by atoms with Gasteiger partial charge in [0.2, 0.25) is 0 Å². The van der Waals surface area contributed by atoms with Crippen LogP contribution in [0.15, 0.2) is 0 Å². The van der Waals surface area contributed by atoms with Crippen LogP contribution in [0.5, 0.6) is 0 Å². The van der Waals surface area contributed by atoms with E-state index in [1.165, 1.54) is 148 Å². The van der Waals surface area contributed by atoms with Crippen LogP contribution in [0.2, 0.25) is 0 Å². The number of hydrogen-bond donors (Lipinski definition) is 0. The third kappa shape index (κ3) is 8.29. The molecule has 0 saturated heterocycles. The van der Waals surface area contributed by atoms with Gasteiger partial charge in [-0.1, -0.05) is 110 Å². The van der Waals surface area contributed by atoms with Crippen molar-refractivity contribution in [2.45, 2.75) is 162 Å². The van der Waals surface area contributed by atoms with Crippen LogP contribution >= 0.6 is 0 Å². The van der Waals surface area contributed by atoms with Crippen LogP contribution in [-0.2, 0) is 0 Å². The van der Waals surface area contributed by atoms with Crippen LogP contribution in [0.1, 0.15) is 162 Å². The minimum Gasteiger partial charge on any atom is -0.198 e. The molecule has 1 nitrogen and oxygen atoms in total. The van der Waals surface area contributed by atoms with Gasteiger partial charge in [0.25, 0.3) is 0 Å². The molecule has 0 aromatic heterocycles. The van der Waals surface area contributed by atoms with Crippen molar-refractivity contribution < 1.29 is 0 Å². The van der Waals surface area contributed by atoms with Crippen LogP contribution < -0.4 is 0 Å². The van der Waals surface area contributed by atoms with Gasteiger partial charge in [-0.3, -0.25) is 0 Å². The summed E-state index contributed by atoms with van der Waals surface area (Å²) in [6.07, 6.45) is 32.4. The second-order valence-corrected chi connectivity index (χ2v) is 12.7. The van der Waals surface area contributed by atoms with Crippen molar-refractivity contribution in [3.05, 3.63) is 0 Å². The Morgan fingerprint density at radius 2 is 1.03 bits per heavy atom. The molecule has 0 bridgehead atoms. The highest BCUT2D eigenvalue weighted by molar-refractivity contribution is 5.06. The molecule has 33 heavy (non-hydrogen) atoms. The lowest BCUT2D eigenvalue weighted by Crippen LogP contribution is -2.38. The Labute approximate surface area is 207 Å². The predicted molar refractivity (Wildman–Crippen MR) is 143 cm³/mol. The molecule has 0 heterocycles. The minimum absolute atomic E-state index is 0.0407. The summed E-state index contributed by atoms with van der Waals surface area (Å²) in [4.78, 5) is 0. The molecule has 0 aromatic rings. The molecule has 0 aliphatic heterocycles. The molecule has 3 saturated carbocycles. The number of nitriles is 1. The van der Waals surface area contributed by atoms with E-state index in [4.69, 9.17) is 0 Å². The van der Waals surface area contributed by atoms with Crippen molar-refractivity contribution in [3.63, 3.8) is 0 Å². The van der Waals surface area contributed by atoms with E-state index in [-0.39, 0.29) is 5.41 Å². The maximum Gasteiger partial charge on any atom is 0.0692 e. The van der Waals surface area contributed by atoms with Gasteiger partial charge in [-0.05, 0) is 81.0 Å². The number of hydrogen-bond acceptors (Lipinski definition) is 1. The summed E-state index contributed by atoms with van der Waals surface area (Å²) in [5.74, 6) is 4.62. The Hall–Kier alpha value is -0.510. The van der Waals surface area contributed by atoms with Gasteiger partial charge < -0.3 is 0 Å². The van der Waals surface area contributed by atoms with Gasteiger partial charge in [0.15, 0.2) is 0 Å². The van der Waals surface area contributed by atoms with Crippen LogP contribution in [0.4, 0.5) is 0 Å². The maximum absolute atomic E-state index is 10.3. The normalized spacial score (nSPS) is 35.2. The second-order valence-electron chi connectivity index (χ2n) is 12.7. The molecular formula is C32H57N. The first-order chi connectivity index (χ1) is 16.2. The van der Waals surface area contributed by atoms with Crippen molar-refractivity contribution in [3.8, 4) is 6.07 Å². The van der Waals surface area contributed by atoms with E-state index in [0.29, 0.717) is 5.92 Å². The summed E-state index contributed by atoms with van der Waals surface area (Å²) >= 11 is 0. The third-order valence-electron chi connectivity index (χ3n) is 10.5. The van der Waals surface area contributed by atoms with Crippen molar-refractivity contribution in [2.75, 3.05) is 0 Å². The van der Waals surface area contributed by atoms with Gasteiger partial charge in [0.05, 0.1) is 11.5 Å². The monoisotopic (exact) mass is 455 g/mol. The zero-order chi connectivity index (χ0) is 23.4. The van der Waals surface area contributed by atoms with E-state index in [9.17, 15) is 5.26 Å². The van der Waals surface area contributed by atoms with Gasteiger partial charge in [-0.15, -0.1) is 0 Å². The molecule has 0 radical (unpaired) electrons. The fourth-order valence-electron chi connectivity index (χ4n) is 8.09. The minimum atomic E-state index is 0.0407. The Bertz CT molecular complexity index is 535. The van der Waals surface area contributed by atoms with Crippen molar-refractivity contribution in [1.82, 2.24) is 0 Å². The summed E-state index contributed by atoms with van der Waals surface area (Å²) in [6.45, 7) is 4.62. The number of rotatable bonds is 13. The molecule has 0 amide bonds. The first-order valence-corrected chi connectivity index (χ1v) is 15.6. The van der Waals surface area contributed by atoms with Crippen molar-refractivity contribution >= 4 is 0 Å². The summed E-state index contributed by atoms with van der Waals surface area (Å²) < 4.78 is 0. The molecule has 190 valence electrons. The Balaban J connectivity index is 1.34. The molecule has 0 aromatic carbocycles. The third-order valence-corrected chi connectivity index (χ3v) is 10.5. The zero-order valence-corrected chi connectivity index (χ0v) is 22.6. The quantitative estimate of drug-likeness (QED) is 0.253. The van der Waals surface area contributed by atoms with Gasteiger partial charge in [-0.25, -0.2) is 0 Å². The molecule has 3 aliphatic carbocycles. The molecule has 1 heteroatoms. The first kappa shape index (κ1) is 27.1. The fraction of sp³-hybridized carbons (Fsp3) is 0.969. The van der Waals surface area contributed by atoms with Crippen molar-refractivity contribution in [2.24, 2.45) is 35.0 Å². The molecule has 3 aliphatic rings. The van der Waals surface area contributed by atoms with Crippen LogP contribution in [0.3, 0.4) is 0 Å². The van der Waals surface area contributed by atoms with Crippen LogP contribution in [0.25, 0.3) is 0 Å². The van der Waals surface area contributed by atoms with E-state index in [1.54, 1.807) is 0 Å². The average molecular weight is 456 g/mol. The Kier molecular flexibility index (Phi) is 12.1. The van der Waals surface area contributed by atoms with E-state index in [2.05, 4.69) is 19.9 Å². The SMILES string of the molecule is CCCCCCCC1CCC(C2(C#N)CCC(C3CCC(CCCCCC)CC3)CC2)CC1. The lowest BCUT2D eigenvalue weighted by molar-refractivity contribution is 0.0601. The predicted octanol–water partition coefficient (Wildman–Crippen LogP) is 10.6. The highest BCUT2D eigenvalue weighted by atomic mass is 14.5. The number of nitrogens with zero attached hydrogens (tertiary/aromatic N) is 1. The summed E-state index contributed by atoms with van der Waals surface area (Å²) in [7, 11) is 0. The zero-order valence-electron chi connectivity index (χ0n) is 22.6. The van der Waals surface area contributed by atoms with E-state index >= 15 is 0 Å². The summed E-state index contributed by atoms with van der Waals surface area (Å²) in [5, 5.41) is 10.3. The van der Waals surface area contributed by atoms with Crippen LogP contribution in [0, 0.1) is 46.3 Å². The van der Waals surface area contributed by atoms with Crippen molar-refractivity contribution in [1.29, 1.82) is 5.26 Å². The summed E-state index contributed by atoms with van der Waals surface area (Å²) in [5.41, 5.74) is 0.0407. The van der Waals surface area contributed by atoms with E-state index in [1.807, 2.05) is 0 Å². The van der Waals surface area contributed by atoms with E-state index < -0.39 is 0 Å². The molecule has 3 rings (SSSR count). The van der Waals surface area contributed by atoms with E-state index in [0.717, 1.165) is 23.7 Å².